The SMILES string of the molecule is CCC(CC)(CC)C(=O)NCCC(=O)O. The van der Waals surface area contributed by atoms with E-state index in [4.69, 9.17) is 5.11 Å². The van der Waals surface area contributed by atoms with Crippen LogP contribution in [0, 0.1) is 5.41 Å². The van der Waals surface area contributed by atoms with E-state index in [0.717, 1.165) is 19.3 Å². The zero-order valence-corrected chi connectivity index (χ0v) is 9.80. The number of nitrogens with one attached hydrogen (secondary N) is 1. The van der Waals surface area contributed by atoms with E-state index in [1.54, 1.807) is 0 Å². The molecular formula is C11H21NO3. The summed E-state index contributed by atoms with van der Waals surface area (Å²) in [7, 11) is 0. The molecule has 0 rings (SSSR count). The summed E-state index contributed by atoms with van der Waals surface area (Å²) in [5.41, 5.74) is -0.321. The number of carbonyl (C=O) groups excluding carboxylic acids is 1. The highest BCUT2D eigenvalue weighted by molar-refractivity contribution is 5.82. The van der Waals surface area contributed by atoms with Crippen molar-refractivity contribution in [3.8, 4) is 0 Å². The zero-order chi connectivity index (χ0) is 11.9. The third-order valence-corrected chi connectivity index (χ3v) is 3.14. The van der Waals surface area contributed by atoms with Crippen molar-refractivity contribution in [2.24, 2.45) is 5.41 Å². The van der Waals surface area contributed by atoms with Gasteiger partial charge in [0, 0.05) is 12.0 Å². The van der Waals surface area contributed by atoms with Gasteiger partial charge in [-0.1, -0.05) is 20.8 Å². The molecule has 2 N–H and O–H groups in total. The van der Waals surface area contributed by atoms with Gasteiger partial charge in [-0.2, -0.15) is 0 Å². The second kappa shape index (κ2) is 6.43. The summed E-state index contributed by atoms with van der Waals surface area (Å²) in [4.78, 5) is 22.1. The summed E-state index contributed by atoms with van der Waals surface area (Å²) >= 11 is 0. The standard InChI is InChI=1S/C11H21NO3/c1-4-11(5-2,6-3)10(15)12-8-7-9(13)14/h4-8H2,1-3H3,(H,12,15)(H,13,14). The monoisotopic (exact) mass is 215 g/mol. The molecule has 0 aromatic rings. The molecule has 0 aliphatic heterocycles. The number of amides is 1. The minimum absolute atomic E-state index is 0.0149. The lowest BCUT2D eigenvalue weighted by molar-refractivity contribution is -0.137. The Morgan fingerprint density at radius 2 is 1.60 bits per heavy atom. The van der Waals surface area contributed by atoms with Crippen LogP contribution in [0.5, 0.6) is 0 Å². The summed E-state index contributed by atoms with van der Waals surface area (Å²) in [5, 5.41) is 11.1. The molecule has 0 bridgehead atoms. The van der Waals surface area contributed by atoms with Crippen molar-refractivity contribution in [1.29, 1.82) is 0 Å². The minimum atomic E-state index is -0.884. The molecule has 15 heavy (non-hydrogen) atoms. The van der Waals surface area contributed by atoms with Crippen LogP contribution in [0.1, 0.15) is 46.5 Å². The Morgan fingerprint density at radius 3 is 1.93 bits per heavy atom. The Hall–Kier alpha value is -1.06. The Morgan fingerprint density at radius 1 is 1.13 bits per heavy atom. The third kappa shape index (κ3) is 3.90. The van der Waals surface area contributed by atoms with Gasteiger partial charge in [-0.3, -0.25) is 9.59 Å². The maximum Gasteiger partial charge on any atom is 0.305 e. The molecule has 0 fully saturated rings. The van der Waals surface area contributed by atoms with Crippen LogP contribution in [-0.2, 0) is 9.59 Å². The normalized spacial score (nSPS) is 11.1. The summed E-state index contributed by atoms with van der Waals surface area (Å²) < 4.78 is 0. The van der Waals surface area contributed by atoms with Crippen molar-refractivity contribution in [3.63, 3.8) is 0 Å². The Bertz CT molecular complexity index is 214. The van der Waals surface area contributed by atoms with Gasteiger partial charge in [0.1, 0.15) is 0 Å². The first-order valence-electron chi connectivity index (χ1n) is 5.52. The fraction of sp³-hybridized carbons (Fsp3) is 0.818. The lowest BCUT2D eigenvalue weighted by Crippen LogP contribution is -2.40. The third-order valence-electron chi connectivity index (χ3n) is 3.14. The maximum absolute atomic E-state index is 11.8. The van der Waals surface area contributed by atoms with Gasteiger partial charge >= 0.3 is 5.97 Å². The van der Waals surface area contributed by atoms with Crippen molar-refractivity contribution >= 4 is 11.9 Å². The number of carboxylic acid groups (broad SMARTS) is 1. The summed E-state index contributed by atoms with van der Waals surface area (Å²) in [6.07, 6.45) is 2.36. The van der Waals surface area contributed by atoms with Crippen LogP contribution in [0.2, 0.25) is 0 Å². The zero-order valence-electron chi connectivity index (χ0n) is 9.80. The number of hydrogen-bond acceptors (Lipinski definition) is 2. The molecule has 0 saturated heterocycles. The van der Waals surface area contributed by atoms with Gasteiger partial charge in [0.15, 0.2) is 0 Å². The number of rotatable bonds is 7. The van der Waals surface area contributed by atoms with E-state index < -0.39 is 5.97 Å². The molecule has 0 heterocycles. The molecule has 0 saturated carbocycles. The molecule has 88 valence electrons. The largest absolute Gasteiger partial charge is 0.481 e. The van der Waals surface area contributed by atoms with Crippen molar-refractivity contribution in [3.05, 3.63) is 0 Å². The molecule has 0 aromatic heterocycles. The van der Waals surface area contributed by atoms with E-state index in [1.807, 2.05) is 20.8 Å². The van der Waals surface area contributed by atoms with Gasteiger partial charge in [0.25, 0.3) is 0 Å². The Balaban J connectivity index is 4.21. The van der Waals surface area contributed by atoms with Crippen LogP contribution >= 0.6 is 0 Å². The highest BCUT2D eigenvalue weighted by atomic mass is 16.4. The number of carboxylic acids is 1. The van der Waals surface area contributed by atoms with E-state index in [0.29, 0.717) is 0 Å². The lowest BCUT2D eigenvalue weighted by Gasteiger charge is -2.28. The minimum Gasteiger partial charge on any atom is -0.481 e. The molecule has 0 unspecified atom stereocenters. The molecule has 0 atom stereocenters. The van der Waals surface area contributed by atoms with E-state index in [2.05, 4.69) is 5.32 Å². The highest BCUT2D eigenvalue weighted by Crippen LogP contribution is 2.30. The Labute approximate surface area is 91.1 Å². The summed E-state index contributed by atoms with van der Waals surface area (Å²) in [6.45, 7) is 6.19. The van der Waals surface area contributed by atoms with Gasteiger partial charge in [-0.15, -0.1) is 0 Å². The predicted octanol–water partition coefficient (Wildman–Crippen LogP) is 1.79. The molecule has 0 radical (unpaired) electrons. The van der Waals surface area contributed by atoms with Crippen LogP contribution in [0.15, 0.2) is 0 Å². The van der Waals surface area contributed by atoms with Crippen LogP contribution in [0.4, 0.5) is 0 Å². The van der Waals surface area contributed by atoms with E-state index >= 15 is 0 Å². The van der Waals surface area contributed by atoms with Crippen molar-refractivity contribution in [2.45, 2.75) is 46.5 Å². The van der Waals surface area contributed by atoms with E-state index in [1.165, 1.54) is 0 Å². The molecule has 4 nitrogen and oxygen atoms in total. The molecule has 1 amide bonds. The van der Waals surface area contributed by atoms with Gasteiger partial charge in [0.05, 0.1) is 6.42 Å². The van der Waals surface area contributed by atoms with Gasteiger partial charge in [0.2, 0.25) is 5.91 Å². The van der Waals surface area contributed by atoms with Crippen LogP contribution in [0.3, 0.4) is 0 Å². The second-order valence-electron chi connectivity index (χ2n) is 3.74. The number of aliphatic carboxylic acids is 1. The van der Waals surface area contributed by atoms with Gasteiger partial charge in [-0.25, -0.2) is 0 Å². The molecule has 0 aliphatic rings. The summed E-state index contributed by atoms with van der Waals surface area (Å²) in [6, 6.07) is 0. The second-order valence-corrected chi connectivity index (χ2v) is 3.74. The quantitative estimate of drug-likeness (QED) is 0.680. The highest BCUT2D eigenvalue weighted by Gasteiger charge is 2.32. The van der Waals surface area contributed by atoms with E-state index in [-0.39, 0.29) is 24.3 Å². The first-order chi connectivity index (χ1) is 7.02. The van der Waals surface area contributed by atoms with Gasteiger partial charge < -0.3 is 10.4 Å². The smallest absolute Gasteiger partial charge is 0.305 e. The van der Waals surface area contributed by atoms with Crippen LogP contribution in [-0.4, -0.2) is 23.5 Å². The lowest BCUT2D eigenvalue weighted by atomic mass is 9.79. The molecule has 0 aliphatic carbocycles. The topological polar surface area (TPSA) is 66.4 Å². The van der Waals surface area contributed by atoms with Crippen molar-refractivity contribution in [1.82, 2.24) is 5.32 Å². The average molecular weight is 215 g/mol. The summed E-state index contributed by atoms with van der Waals surface area (Å²) in [5.74, 6) is -0.901. The first-order valence-corrected chi connectivity index (χ1v) is 5.52. The van der Waals surface area contributed by atoms with Gasteiger partial charge in [-0.05, 0) is 19.3 Å². The predicted molar refractivity (Wildman–Crippen MR) is 58.6 cm³/mol. The number of carbonyl (C=O) groups is 2. The average Bonchev–Trinajstić information content (AvgIpc) is 2.21. The fourth-order valence-corrected chi connectivity index (χ4v) is 1.70. The molecular weight excluding hydrogens is 194 g/mol. The molecule has 0 spiro atoms. The molecule has 4 heteroatoms. The van der Waals surface area contributed by atoms with Crippen LogP contribution in [0.25, 0.3) is 0 Å². The maximum atomic E-state index is 11.8. The van der Waals surface area contributed by atoms with Crippen molar-refractivity contribution in [2.75, 3.05) is 6.54 Å². The fourth-order valence-electron chi connectivity index (χ4n) is 1.70. The number of hydrogen-bond donors (Lipinski definition) is 2. The Kier molecular flexibility index (Phi) is 5.97. The first kappa shape index (κ1) is 13.9. The van der Waals surface area contributed by atoms with Crippen molar-refractivity contribution < 1.29 is 14.7 Å². The van der Waals surface area contributed by atoms with Crippen LogP contribution < -0.4 is 5.32 Å². The molecule has 0 aromatic carbocycles. The van der Waals surface area contributed by atoms with E-state index in [9.17, 15) is 9.59 Å².